The molecule has 0 radical (unpaired) electrons. The first-order chi connectivity index (χ1) is 8.65. The van der Waals surface area contributed by atoms with Crippen LogP contribution in [0.1, 0.15) is 5.56 Å². The summed E-state index contributed by atoms with van der Waals surface area (Å²) in [7, 11) is 0. The van der Waals surface area contributed by atoms with E-state index in [1.165, 1.54) is 12.1 Å². The number of ether oxygens (including phenoxy) is 1. The van der Waals surface area contributed by atoms with Gasteiger partial charge in [0.1, 0.15) is 11.8 Å². The summed E-state index contributed by atoms with van der Waals surface area (Å²) < 4.78 is 5.36. The number of halogens is 1. The molecule has 5 nitrogen and oxygen atoms in total. The molecule has 0 amide bonds. The normalized spacial score (nSPS) is 10.1. The van der Waals surface area contributed by atoms with E-state index < -0.39 is 4.92 Å². The topological polar surface area (TPSA) is 65.3 Å². The average molecular weight is 265 g/mol. The van der Waals surface area contributed by atoms with E-state index in [1.54, 1.807) is 0 Å². The van der Waals surface area contributed by atoms with Crippen molar-refractivity contribution in [2.45, 2.75) is 6.61 Å². The van der Waals surface area contributed by atoms with Crippen molar-refractivity contribution in [2.75, 3.05) is 0 Å². The van der Waals surface area contributed by atoms with Crippen LogP contribution in [0.5, 0.6) is 5.88 Å². The summed E-state index contributed by atoms with van der Waals surface area (Å²) in [6.45, 7) is 0.283. The number of rotatable bonds is 4. The van der Waals surface area contributed by atoms with Gasteiger partial charge in [-0.3, -0.25) is 10.1 Å². The van der Waals surface area contributed by atoms with Gasteiger partial charge in [-0.1, -0.05) is 41.9 Å². The largest absolute Gasteiger partial charge is 0.473 e. The molecule has 0 N–H and O–H groups in total. The van der Waals surface area contributed by atoms with Gasteiger partial charge in [-0.2, -0.15) is 0 Å². The number of hydrogen-bond donors (Lipinski definition) is 0. The van der Waals surface area contributed by atoms with Gasteiger partial charge in [-0.05, 0) is 5.56 Å². The van der Waals surface area contributed by atoms with Gasteiger partial charge in [0, 0.05) is 0 Å². The van der Waals surface area contributed by atoms with E-state index in [0.29, 0.717) is 0 Å². The molecule has 2 aromatic rings. The predicted molar refractivity (Wildman–Crippen MR) is 66.7 cm³/mol. The SMILES string of the molecule is O=[N+]([O-])c1cc(Cl)nc(OCc2ccccc2)c1. The molecular weight excluding hydrogens is 256 g/mol. The Bertz CT molecular complexity index is 561. The first kappa shape index (κ1) is 12.3. The Labute approximate surface area is 108 Å². The molecule has 6 heteroatoms. The molecule has 18 heavy (non-hydrogen) atoms. The Morgan fingerprint density at radius 1 is 1.28 bits per heavy atom. The zero-order chi connectivity index (χ0) is 13.0. The third kappa shape index (κ3) is 3.18. The molecule has 0 spiro atoms. The Morgan fingerprint density at radius 2 is 2.00 bits per heavy atom. The minimum absolute atomic E-state index is 0.0345. The number of nitrogens with zero attached hydrogens (tertiary/aromatic N) is 2. The molecule has 1 aromatic heterocycles. The Hall–Kier alpha value is -2.14. The van der Waals surface area contributed by atoms with E-state index in [4.69, 9.17) is 16.3 Å². The van der Waals surface area contributed by atoms with Crippen LogP contribution in [0.25, 0.3) is 0 Å². The molecule has 0 aliphatic heterocycles. The van der Waals surface area contributed by atoms with Crippen molar-refractivity contribution >= 4 is 17.3 Å². The lowest BCUT2D eigenvalue weighted by molar-refractivity contribution is -0.385. The van der Waals surface area contributed by atoms with Crippen molar-refractivity contribution < 1.29 is 9.66 Å². The van der Waals surface area contributed by atoms with E-state index in [1.807, 2.05) is 30.3 Å². The standard InChI is InChI=1S/C12H9ClN2O3/c13-11-6-10(15(16)17)7-12(14-11)18-8-9-4-2-1-3-5-9/h1-7H,8H2. The van der Waals surface area contributed by atoms with E-state index in [0.717, 1.165) is 5.56 Å². The maximum atomic E-state index is 10.6. The molecule has 0 fully saturated rings. The predicted octanol–water partition coefficient (Wildman–Crippen LogP) is 3.22. The molecular formula is C12H9ClN2O3. The summed E-state index contributed by atoms with van der Waals surface area (Å²) in [6.07, 6.45) is 0. The van der Waals surface area contributed by atoms with Crippen LogP contribution in [0.3, 0.4) is 0 Å². The second kappa shape index (κ2) is 5.46. The molecule has 0 aliphatic rings. The highest BCUT2D eigenvalue weighted by molar-refractivity contribution is 6.29. The number of aromatic nitrogens is 1. The Morgan fingerprint density at radius 3 is 2.67 bits per heavy atom. The van der Waals surface area contributed by atoms with Crippen LogP contribution in [-0.2, 0) is 6.61 Å². The fraction of sp³-hybridized carbons (Fsp3) is 0.0833. The highest BCUT2D eigenvalue weighted by atomic mass is 35.5. The summed E-state index contributed by atoms with van der Waals surface area (Å²) >= 11 is 5.68. The van der Waals surface area contributed by atoms with Crippen LogP contribution in [0.4, 0.5) is 5.69 Å². The lowest BCUT2D eigenvalue weighted by atomic mass is 10.2. The Balaban J connectivity index is 2.12. The molecule has 1 aromatic carbocycles. The quantitative estimate of drug-likeness (QED) is 0.483. The summed E-state index contributed by atoms with van der Waals surface area (Å²) in [4.78, 5) is 14.0. The van der Waals surface area contributed by atoms with Gasteiger partial charge in [0.2, 0.25) is 5.88 Å². The van der Waals surface area contributed by atoms with Crippen LogP contribution < -0.4 is 4.74 Å². The van der Waals surface area contributed by atoms with Crippen molar-refractivity contribution in [1.29, 1.82) is 0 Å². The van der Waals surface area contributed by atoms with E-state index >= 15 is 0 Å². The zero-order valence-electron chi connectivity index (χ0n) is 9.25. The fourth-order valence-corrected chi connectivity index (χ4v) is 1.57. The maximum absolute atomic E-state index is 10.6. The number of pyridine rings is 1. The molecule has 1 heterocycles. The van der Waals surface area contributed by atoms with Crippen molar-refractivity contribution in [1.82, 2.24) is 4.98 Å². The molecule has 0 saturated carbocycles. The van der Waals surface area contributed by atoms with Gasteiger partial charge in [0.15, 0.2) is 0 Å². The maximum Gasteiger partial charge on any atom is 0.277 e. The number of hydrogen-bond acceptors (Lipinski definition) is 4. The van der Waals surface area contributed by atoms with Crippen LogP contribution >= 0.6 is 11.6 Å². The highest BCUT2D eigenvalue weighted by Crippen LogP contribution is 2.22. The van der Waals surface area contributed by atoms with Gasteiger partial charge < -0.3 is 4.74 Å². The second-order valence-electron chi connectivity index (χ2n) is 3.52. The van der Waals surface area contributed by atoms with Gasteiger partial charge in [-0.15, -0.1) is 0 Å². The first-order valence-corrected chi connectivity index (χ1v) is 5.51. The summed E-state index contributed by atoms with van der Waals surface area (Å²) in [5.74, 6) is 0.137. The lowest BCUT2D eigenvalue weighted by Crippen LogP contribution is -1.98. The smallest absolute Gasteiger partial charge is 0.277 e. The molecule has 0 aliphatic carbocycles. The fourth-order valence-electron chi connectivity index (χ4n) is 1.37. The Kier molecular flexibility index (Phi) is 3.74. The van der Waals surface area contributed by atoms with Crippen LogP contribution in [0.2, 0.25) is 5.15 Å². The van der Waals surface area contributed by atoms with E-state index in [-0.39, 0.29) is 23.3 Å². The lowest BCUT2D eigenvalue weighted by Gasteiger charge is -2.05. The average Bonchev–Trinajstić information content (AvgIpc) is 2.37. The van der Waals surface area contributed by atoms with Crippen molar-refractivity contribution in [3.63, 3.8) is 0 Å². The van der Waals surface area contributed by atoms with Crippen LogP contribution in [0, 0.1) is 10.1 Å². The molecule has 0 saturated heterocycles. The second-order valence-corrected chi connectivity index (χ2v) is 3.90. The molecule has 92 valence electrons. The summed E-state index contributed by atoms with van der Waals surface area (Å²) in [6, 6.07) is 11.9. The highest BCUT2D eigenvalue weighted by Gasteiger charge is 2.11. The number of benzene rings is 1. The third-order valence-corrected chi connectivity index (χ3v) is 2.39. The summed E-state index contributed by atoms with van der Waals surface area (Å²) in [5, 5.41) is 10.7. The van der Waals surface area contributed by atoms with Gasteiger partial charge in [0.25, 0.3) is 5.69 Å². The summed E-state index contributed by atoms with van der Waals surface area (Å²) in [5.41, 5.74) is 0.806. The zero-order valence-corrected chi connectivity index (χ0v) is 10.0. The van der Waals surface area contributed by atoms with Gasteiger partial charge in [-0.25, -0.2) is 4.98 Å². The van der Waals surface area contributed by atoms with Crippen LogP contribution in [-0.4, -0.2) is 9.91 Å². The van der Waals surface area contributed by atoms with Gasteiger partial charge >= 0.3 is 0 Å². The third-order valence-electron chi connectivity index (χ3n) is 2.20. The first-order valence-electron chi connectivity index (χ1n) is 5.14. The van der Waals surface area contributed by atoms with Crippen LogP contribution in [0.15, 0.2) is 42.5 Å². The van der Waals surface area contributed by atoms with E-state index in [9.17, 15) is 10.1 Å². The molecule has 0 unspecified atom stereocenters. The minimum atomic E-state index is -0.539. The van der Waals surface area contributed by atoms with Crippen molar-refractivity contribution in [3.05, 3.63) is 63.3 Å². The molecule has 0 bridgehead atoms. The van der Waals surface area contributed by atoms with Crippen molar-refractivity contribution in [3.8, 4) is 5.88 Å². The molecule has 0 atom stereocenters. The van der Waals surface area contributed by atoms with Crippen molar-refractivity contribution in [2.24, 2.45) is 0 Å². The monoisotopic (exact) mass is 264 g/mol. The number of nitro groups is 1. The minimum Gasteiger partial charge on any atom is -0.473 e. The van der Waals surface area contributed by atoms with Gasteiger partial charge in [0.05, 0.1) is 17.1 Å². The molecule has 2 rings (SSSR count). The van der Waals surface area contributed by atoms with E-state index in [2.05, 4.69) is 4.98 Å².